The van der Waals surface area contributed by atoms with Crippen LogP contribution < -0.4 is 5.32 Å². The summed E-state index contributed by atoms with van der Waals surface area (Å²) < 4.78 is 32.2. The lowest BCUT2D eigenvalue weighted by Crippen LogP contribution is -2.46. The van der Waals surface area contributed by atoms with Crippen LogP contribution in [0.2, 0.25) is 0 Å². The van der Waals surface area contributed by atoms with Crippen LogP contribution in [0, 0.1) is 23.0 Å². The van der Waals surface area contributed by atoms with Crippen LogP contribution >= 0.6 is 0 Å². The van der Waals surface area contributed by atoms with Crippen molar-refractivity contribution in [1.82, 2.24) is 5.32 Å². The van der Waals surface area contributed by atoms with Crippen molar-refractivity contribution in [1.29, 1.82) is 0 Å². The number of ether oxygens (including phenoxy) is 1. The quantitative estimate of drug-likeness (QED) is 0.829. The van der Waals surface area contributed by atoms with Crippen LogP contribution in [-0.4, -0.2) is 30.0 Å². The molecule has 0 saturated carbocycles. The molecule has 0 aliphatic heterocycles. The molecule has 0 aliphatic rings. The molecule has 0 aromatic heterocycles. The number of benzene rings is 1. The smallest absolute Gasteiger partial charge is 0.407 e. The summed E-state index contributed by atoms with van der Waals surface area (Å²) in [7, 11) is 0. The molecule has 1 aromatic rings. The lowest BCUT2D eigenvalue weighted by atomic mass is 9.73. The molecule has 1 amide bonds. The van der Waals surface area contributed by atoms with Crippen LogP contribution in [0.15, 0.2) is 18.2 Å². The Morgan fingerprint density at radius 1 is 1.29 bits per heavy atom. The molecule has 24 heavy (non-hydrogen) atoms. The molecule has 0 heterocycles. The molecule has 1 atom stereocenters. The first-order chi connectivity index (χ1) is 11.0. The summed E-state index contributed by atoms with van der Waals surface area (Å²) >= 11 is 0. The lowest BCUT2D eigenvalue weighted by Gasteiger charge is -2.36. The van der Waals surface area contributed by atoms with Gasteiger partial charge in [-0.25, -0.2) is 13.6 Å². The highest BCUT2D eigenvalue weighted by Gasteiger charge is 2.35. The van der Waals surface area contributed by atoms with Crippen molar-refractivity contribution in [3.8, 4) is 0 Å². The fourth-order valence-electron chi connectivity index (χ4n) is 2.37. The van der Waals surface area contributed by atoms with E-state index in [4.69, 9.17) is 4.74 Å². The third kappa shape index (κ3) is 5.74. The Morgan fingerprint density at radius 2 is 1.92 bits per heavy atom. The van der Waals surface area contributed by atoms with Crippen molar-refractivity contribution in [2.24, 2.45) is 11.3 Å². The zero-order chi connectivity index (χ0) is 18.5. The molecule has 2 N–H and O–H groups in total. The predicted octanol–water partition coefficient (Wildman–Crippen LogP) is 3.67. The summed E-state index contributed by atoms with van der Waals surface area (Å²) in [4.78, 5) is 11.9. The maximum atomic E-state index is 14.0. The minimum Gasteiger partial charge on any atom is -0.444 e. The Labute approximate surface area is 142 Å². The first-order valence-corrected chi connectivity index (χ1v) is 8.01. The Kier molecular flexibility index (Phi) is 6.72. The maximum Gasteiger partial charge on any atom is 0.407 e. The minimum atomic E-state index is -0.782. The van der Waals surface area contributed by atoms with Gasteiger partial charge in [0.1, 0.15) is 17.2 Å². The van der Waals surface area contributed by atoms with Gasteiger partial charge in [0.25, 0.3) is 0 Å². The topological polar surface area (TPSA) is 58.6 Å². The number of carbonyl (C=O) groups is 1. The maximum absolute atomic E-state index is 14.0. The summed E-state index contributed by atoms with van der Waals surface area (Å²) in [6.07, 6.45) is -0.427. The van der Waals surface area contributed by atoms with Gasteiger partial charge in [-0.05, 0) is 44.7 Å². The highest BCUT2D eigenvalue weighted by molar-refractivity contribution is 5.67. The molecule has 4 nitrogen and oxygen atoms in total. The van der Waals surface area contributed by atoms with Gasteiger partial charge in [0.05, 0.1) is 6.61 Å². The van der Waals surface area contributed by atoms with Crippen LogP contribution in [0.4, 0.5) is 13.6 Å². The van der Waals surface area contributed by atoms with E-state index in [2.05, 4.69) is 5.32 Å². The van der Waals surface area contributed by atoms with Gasteiger partial charge in [-0.15, -0.1) is 0 Å². The Hall–Kier alpha value is -1.69. The van der Waals surface area contributed by atoms with Gasteiger partial charge in [-0.1, -0.05) is 19.9 Å². The first kappa shape index (κ1) is 20.4. The fourth-order valence-corrected chi connectivity index (χ4v) is 2.37. The second kappa shape index (κ2) is 7.92. The van der Waals surface area contributed by atoms with Crippen LogP contribution in [-0.2, 0) is 11.2 Å². The normalized spacial score (nSPS) is 14.4. The number of halogens is 2. The van der Waals surface area contributed by atoms with E-state index in [1.807, 2.05) is 13.8 Å². The SMILES string of the molecule is CC(C)C(CO)(CNC(=O)OC(C)(C)C)Cc1ccc(F)cc1F. The lowest BCUT2D eigenvalue weighted by molar-refractivity contribution is 0.0392. The average Bonchev–Trinajstić information content (AvgIpc) is 2.43. The highest BCUT2D eigenvalue weighted by Crippen LogP contribution is 2.32. The van der Waals surface area contributed by atoms with E-state index in [1.54, 1.807) is 20.8 Å². The number of carbonyl (C=O) groups excluding carboxylic acids is 1. The molecule has 0 aliphatic carbocycles. The van der Waals surface area contributed by atoms with Crippen molar-refractivity contribution in [3.05, 3.63) is 35.4 Å². The number of aliphatic hydroxyl groups excluding tert-OH is 1. The number of nitrogens with one attached hydrogen (secondary N) is 1. The second-order valence-corrected chi connectivity index (χ2v) is 7.44. The van der Waals surface area contributed by atoms with Crippen molar-refractivity contribution >= 4 is 6.09 Å². The molecule has 6 heteroatoms. The number of hydrogen-bond acceptors (Lipinski definition) is 3. The first-order valence-electron chi connectivity index (χ1n) is 8.01. The van der Waals surface area contributed by atoms with E-state index in [0.717, 1.165) is 6.07 Å². The average molecular weight is 343 g/mol. The zero-order valence-electron chi connectivity index (χ0n) is 15.0. The van der Waals surface area contributed by atoms with Crippen molar-refractivity contribution in [2.75, 3.05) is 13.2 Å². The molecule has 1 rings (SSSR count). The molecule has 1 aromatic carbocycles. The molecule has 136 valence electrons. The number of hydrogen-bond donors (Lipinski definition) is 2. The van der Waals surface area contributed by atoms with Crippen LogP contribution in [0.5, 0.6) is 0 Å². The van der Waals surface area contributed by atoms with Crippen LogP contribution in [0.25, 0.3) is 0 Å². The summed E-state index contributed by atoms with van der Waals surface area (Å²) in [6, 6.07) is 3.37. The summed E-state index contributed by atoms with van der Waals surface area (Å²) in [5, 5.41) is 12.6. The van der Waals surface area contributed by atoms with Gasteiger partial charge in [-0.2, -0.15) is 0 Å². The molecule has 0 radical (unpaired) electrons. The standard InChI is InChI=1S/C18H27F2NO3/c1-12(2)18(11-22,10-21-16(23)24-17(3,4)5)9-13-6-7-14(19)8-15(13)20/h6-8,12,22H,9-11H2,1-5H3,(H,21,23). The summed E-state index contributed by atoms with van der Waals surface area (Å²) in [5.74, 6) is -1.37. The monoisotopic (exact) mass is 343 g/mol. The van der Waals surface area contributed by atoms with E-state index >= 15 is 0 Å². The minimum absolute atomic E-state index is 0.0538. The van der Waals surface area contributed by atoms with Crippen LogP contribution in [0.1, 0.15) is 40.2 Å². The number of aliphatic hydroxyl groups is 1. The number of amides is 1. The Bertz CT molecular complexity index is 570. The molecular formula is C18H27F2NO3. The molecule has 1 unspecified atom stereocenters. The van der Waals surface area contributed by atoms with Crippen LogP contribution in [0.3, 0.4) is 0 Å². The van der Waals surface area contributed by atoms with E-state index in [9.17, 15) is 18.7 Å². The fraction of sp³-hybridized carbons (Fsp3) is 0.611. The number of alkyl carbamates (subject to hydrolysis) is 1. The van der Waals surface area contributed by atoms with Gasteiger partial charge >= 0.3 is 6.09 Å². The Morgan fingerprint density at radius 3 is 2.38 bits per heavy atom. The van der Waals surface area contributed by atoms with E-state index < -0.39 is 28.7 Å². The van der Waals surface area contributed by atoms with E-state index in [-0.39, 0.29) is 25.5 Å². The van der Waals surface area contributed by atoms with Gasteiger partial charge < -0.3 is 15.2 Å². The number of rotatable bonds is 6. The largest absolute Gasteiger partial charge is 0.444 e. The molecule has 0 spiro atoms. The summed E-state index contributed by atoms with van der Waals surface area (Å²) in [6.45, 7) is 8.89. The highest BCUT2D eigenvalue weighted by atomic mass is 19.1. The van der Waals surface area contributed by atoms with Gasteiger partial charge in [0, 0.05) is 18.0 Å². The summed E-state index contributed by atoms with van der Waals surface area (Å²) in [5.41, 5.74) is -1.12. The molecular weight excluding hydrogens is 316 g/mol. The van der Waals surface area contributed by atoms with E-state index in [1.165, 1.54) is 12.1 Å². The molecule has 0 bridgehead atoms. The van der Waals surface area contributed by atoms with Gasteiger partial charge in [-0.3, -0.25) is 0 Å². The third-order valence-corrected chi connectivity index (χ3v) is 4.08. The third-order valence-electron chi connectivity index (χ3n) is 4.08. The predicted molar refractivity (Wildman–Crippen MR) is 88.7 cm³/mol. The molecule has 0 fully saturated rings. The van der Waals surface area contributed by atoms with Crippen molar-refractivity contribution in [2.45, 2.75) is 46.6 Å². The van der Waals surface area contributed by atoms with Gasteiger partial charge in [0.15, 0.2) is 0 Å². The zero-order valence-corrected chi connectivity index (χ0v) is 15.0. The van der Waals surface area contributed by atoms with E-state index in [0.29, 0.717) is 5.56 Å². The van der Waals surface area contributed by atoms with Crippen molar-refractivity contribution < 1.29 is 23.4 Å². The molecule has 0 saturated heterocycles. The second-order valence-electron chi connectivity index (χ2n) is 7.44. The van der Waals surface area contributed by atoms with Crippen molar-refractivity contribution in [3.63, 3.8) is 0 Å². The Balaban J connectivity index is 2.92. The van der Waals surface area contributed by atoms with Gasteiger partial charge in [0.2, 0.25) is 0 Å².